The number of hydrogen-bond donors (Lipinski definition) is 1. The normalized spacial score (nSPS) is 12.2. The van der Waals surface area contributed by atoms with Crippen molar-refractivity contribution in [1.29, 1.82) is 0 Å². The number of carbonyl (C=O) groups excluding carboxylic acids is 1. The molecule has 0 unspecified atom stereocenters. The van der Waals surface area contributed by atoms with Crippen molar-refractivity contribution in [3.05, 3.63) is 78.5 Å². The molecular weight excluding hydrogens is 372 g/mol. The highest BCUT2D eigenvalue weighted by molar-refractivity contribution is 7.98. The van der Waals surface area contributed by atoms with Gasteiger partial charge in [-0.1, -0.05) is 24.3 Å². The summed E-state index contributed by atoms with van der Waals surface area (Å²) in [6.07, 6.45) is 8.03. The highest BCUT2D eigenvalue weighted by Crippen LogP contribution is 2.19. The van der Waals surface area contributed by atoms with Gasteiger partial charge in [0.1, 0.15) is 0 Å². The lowest BCUT2D eigenvalue weighted by Crippen LogP contribution is -2.30. The predicted octanol–water partition coefficient (Wildman–Crippen LogP) is 3.14. The molecule has 4 rings (SSSR count). The number of hydrogen-bond acceptors (Lipinski definition) is 5. The maximum absolute atomic E-state index is 12.9. The van der Waals surface area contributed by atoms with Gasteiger partial charge in [0.15, 0.2) is 11.5 Å². The Labute approximate surface area is 166 Å². The molecule has 4 aromatic rings. The number of nitrogens with zero attached hydrogens (tertiary/aromatic N) is 5. The van der Waals surface area contributed by atoms with E-state index in [2.05, 4.69) is 20.6 Å². The number of amides is 1. The number of para-hydroxylation sites is 1. The molecule has 1 atom stereocenters. The van der Waals surface area contributed by atoms with Crippen molar-refractivity contribution >= 4 is 23.3 Å². The number of carbonyl (C=O) groups is 1. The van der Waals surface area contributed by atoms with E-state index in [4.69, 9.17) is 0 Å². The minimum absolute atomic E-state index is 0.180. The average molecular weight is 392 g/mol. The van der Waals surface area contributed by atoms with Gasteiger partial charge in [-0.2, -0.15) is 16.9 Å². The van der Waals surface area contributed by atoms with Gasteiger partial charge in [-0.3, -0.25) is 9.20 Å². The van der Waals surface area contributed by atoms with Gasteiger partial charge in [0.05, 0.1) is 23.5 Å². The Hall–Kier alpha value is -3.13. The molecule has 7 nitrogen and oxygen atoms in total. The smallest absolute Gasteiger partial charge is 0.255 e. The zero-order chi connectivity index (χ0) is 19.3. The standard InChI is InChI=1S/C20H20N6OS/c1-28-12-10-17(19-24-23-18-9-5-6-11-25(18)19)22-20(27)15-13-21-26(14-15)16-7-3-2-4-8-16/h2-9,11,13-14,17H,10,12H2,1H3,(H,22,27)/t17-/m1/s1. The Morgan fingerprint density at radius 1 is 1.14 bits per heavy atom. The van der Waals surface area contributed by atoms with Gasteiger partial charge < -0.3 is 5.32 Å². The lowest BCUT2D eigenvalue weighted by Gasteiger charge is -2.16. The zero-order valence-corrected chi connectivity index (χ0v) is 16.2. The molecule has 0 fully saturated rings. The molecule has 3 aromatic heterocycles. The Morgan fingerprint density at radius 2 is 1.96 bits per heavy atom. The minimum Gasteiger partial charge on any atom is -0.342 e. The number of thioether (sulfide) groups is 1. The van der Waals surface area contributed by atoms with Crippen LogP contribution in [-0.2, 0) is 0 Å². The van der Waals surface area contributed by atoms with Crippen molar-refractivity contribution in [3.8, 4) is 5.69 Å². The first-order valence-electron chi connectivity index (χ1n) is 8.96. The summed E-state index contributed by atoms with van der Waals surface area (Å²) in [5.74, 6) is 1.45. The maximum Gasteiger partial charge on any atom is 0.255 e. The van der Waals surface area contributed by atoms with Gasteiger partial charge in [0.25, 0.3) is 5.91 Å². The number of fused-ring (bicyclic) bond motifs is 1. The van der Waals surface area contributed by atoms with Crippen molar-refractivity contribution in [2.24, 2.45) is 0 Å². The fourth-order valence-electron chi connectivity index (χ4n) is 3.00. The van der Waals surface area contributed by atoms with Gasteiger partial charge >= 0.3 is 0 Å². The third kappa shape index (κ3) is 3.77. The van der Waals surface area contributed by atoms with E-state index in [9.17, 15) is 4.79 Å². The number of benzene rings is 1. The Morgan fingerprint density at radius 3 is 2.79 bits per heavy atom. The van der Waals surface area contributed by atoms with Crippen LogP contribution < -0.4 is 5.32 Å². The summed E-state index contributed by atoms with van der Waals surface area (Å²) in [5.41, 5.74) is 2.17. The van der Waals surface area contributed by atoms with E-state index in [-0.39, 0.29) is 11.9 Å². The topological polar surface area (TPSA) is 77.1 Å². The molecular formula is C20H20N6OS. The molecule has 0 aliphatic carbocycles. The molecule has 0 aliphatic rings. The molecule has 0 aliphatic heterocycles. The van der Waals surface area contributed by atoms with Crippen LogP contribution in [0.3, 0.4) is 0 Å². The van der Waals surface area contributed by atoms with Gasteiger partial charge in [0, 0.05) is 12.4 Å². The summed E-state index contributed by atoms with van der Waals surface area (Å²) < 4.78 is 3.61. The molecule has 1 N–H and O–H groups in total. The van der Waals surface area contributed by atoms with Crippen LogP contribution in [0, 0.1) is 0 Å². The van der Waals surface area contributed by atoms with Gasteiger partial charge in [-0.25, -0.2) is 4.68 Å². The van der Waals surface area contributed by atoms with Gasteiger partial charge in [-0.15, -0.1) is 10.2 Å². The van der Waals surface area contributed by atoms with Crippen LogP contribution in [-0.4, -0.2) is 42.3 Å². The van der Waals surface area contributed by atoms with Crippen LogP contribution in [0.2, 0.25) is 0 Å². The molecule has 0 bridgehead atoms. The van der Waals surface area contributed by atoms with Crippen molar-refractivity contribution in [1.82, 2.24) is 29.7 Å². The van der Waals surface area contributed by atoms with Crippen LogP contribution >= 0.6 is 11.8 Å². The third-order valence-corrected chi connectivity index (χ3v) is 5.08. The first kappa shape index (κ1) is 18.2. The highest BCUT2D eigenvalue weighted by Gasteiger charge is 2.21. The summed E-state index contributed by atoms with van der Waals surface area (Å²) in [5, 5.41) is 15.9. The molecule has 142 valence electrons. The van der Waals surface area contributed by atoms with E-state index >= 15 is 0 Å². The lowest BCUT2D eigenvalue weighted by molar-refractivity contribution is 0.0934. The van der Waals surface area contributed by atoms with Crippen LogP contribution in [0.4, 0.5) is 0 Å². The molecule has 1 amide bonds. The maximum atomic E-state index is 12.9. The van der Waals surface area contributed by atoms with Crippen molar-refractivity contribution in [2.45, 2.75) is 12.5 Å². The van der Waals surface area contributed by atoms with E-state index in [0.29, 0.717) is 5.56 Å². The fourth-order valence-corrected chi connectivity index (χ4v) is 3.47. The van der Waals surface area contributed by atoms with E-state index in [1.807, 2.05) is 65.4 Å². The highest BCUT2D eigenvalue weighted by atomic mass is 32.2. The van der Waals surface area contributed by atoms with E-state index in [1.54, 1.807) is 28.8 Å². The Kier molecular flexibility index (Phi) is 5.38. The molecule has 3 heterocycles. The number of rotatable bonds is 7. The summed E-state index contributed by atoms with van der Waals surface area (Å²) in [7, 11) is 0. The Bertz CT molecular complexity index is 1070. The fraction of sp³-hybridized carbons (Fsp3) is 0.200. The van der Waals surface area contributed by atoms with Crippen molar-refractivity contribution in [2.75, 3.05) is 12.0 Å². The number of aromatic nitrogens is 5. The second-order valence-corrected chi connectivity index (χ2v) is 7.29. The third-order valence-electron chi connectivity index (χ3n) is 4.43. The second kappa shape index (κ2) is 8.26. The minimum atomic E-state index is -0.238. The van der Waals surface area contributed by atoms with E-state index in [0.717, 1.165) is 29.3 Å². The summed E-state index contributed by atoms with van der Waals surface area (Å²) in [6, 6.07) is 15.2. The Balaban J connectivity index is 1.57. The average Bonchev–Trinajstić information content (AvgIpc) is 3.39. The van der Waals surface area contributed by atoms with Crippen LogP contribution in [0.25, 0.3) is 11.3 Å². The molecule has 1 aromatic carbocycles. The summed E-state index contributed by atoms with van der Waals surface area (Å²) in [6.45, 7) is 0. The van der Waals surface area contributed by atoms with Crippen molar-refractivity contribution < 1.29 is 4.79 Å². The molecule has 0 spiro atoms. The quantitative estimate of drug-likeness (QED) is 0.523. The van der Waals surface area contributed by atoms with Crippen LogP contribution in [0.1, 0.15) is 28.6 Å². The lowest BCUT2D eigenvalue weighted by atomic mass is 10.2. The van der Waals surface area contributed by atoms with Gasteiger partial charge in [0.2, 0.25) is 0 Å². The summed E-state index contributed by atoms with van der Waals surface area (Å²) >= 11 is 1.73. The van der Waals surface area contributed by atoms with E-state index < -0.39 is 0 Å². The predicted molar refractivity (Wildman–Crippen MR) is 110 cm³/mol. The zero-order valence-electron chi connectivity index (χ0n) is 15.4. The van der Waals surface area contributed by atoms with Crippen molar-refractivity contribution in [3.63, 3.8) is 0 Å². The molecule has 0 radical (unpaired) electrons. The van der Waals surface area contributed by atoms with E-state index in [1.165, 1.54) is 0 Å². The number of pyridine rings is 1. The molecule has 28 heavy (non-hydrogen) atoms. The number of nitrogens with one attached hydrogen (secondary N) is 1. The van der Waals surface area contributed by atoms with Gasteiger partial charge in [-0.05, 0) is 42.7 Å². The second-order valence-electron chi connectivity index (χ2n) is 6.30. The first-order valence-corrected chi connectivity index (χ1v) is 10.3. The van der Waals surface area contributed by atoms with Crippen LogP contribution in [0.15, 0.2) is 67.1 Å². The largest absolute Gasteiger partial charge is 0.342 e. The molecule has 0 saturated carbocycles. The first-order chi connectivity index (χ1) is 13.8. The van der Waals surface area contributed by atoms with Crippen LogP contribution in [0.5, 0.6) is 0 Å². The molecule has 0 saturated heterocycles. The SMILES string of the molecule is CSCC[C@@H](NC(=O)c1cnn(-c2ccccc2)c1)c1nnc2ccccn12. The monoisotopic (exact) mass is 392 g/mol. The summed E-state index contributed by atoms with van der Waals surface area (Å²) in [4.78, 5) is 12.9. The molecule has 8 heteroatoms.